The average Bonchev–Trinajstić information content (AvgIpc) is 2.19. The lowest BCUT2D eigenvalue weighted by atomic mass is 10.9. The maximum atomic E-state index is 11.6. The van der Waals surface area contributed by atoms with E-state index >= 15 is 0 Å². The van der Waals surface area contributed by atoms with Crippen molar-refractivity contribution in [2.75, 3.05) is 31.4 Å². The molecule has 0 aliphatic carbocycles. The lowest BCUT2D eigenvalue weighted by molar-refractivity contribution is 0.228. The molecule has 0 saturated heterocycles. The lowest BCUT2D eigenvalue weighted by Gasteiger charge is -2.13. The molecule has 0 unspecified atom stereocenters. The topological polar surface area (TPSA) is 69.7 Å². The smallest absolute Gasteiger partial charge is 0.308 e. The van der Waals surface area contributed by atoms with Crippen LogP contribution in [0.2, 0.25) is 0 Å². The molecule has 0 rings (SSSR count). The molecule has 0 aliphatic heterocycles. The molecule has 0 fully saturated rings. The third-order valence-corrected chi connectivity index (χ3v) is 4.58. The fourth-order valence-corrected chi connectivity index (χ4v) is 3.10. The molecule has 0 radical (unpaired) electrons. The highest BCUT2D eigenvalue weighted by Gasteiger charge is 2.16. The molecule has 0 bridgehead atoms. The van der Waals surface area contributed by atoms with Crippen LogP contribution in [0.4, 0.5) is 9.59 Å². The van der Waals surface area contributed by atoms with Gasteiger partial charge in [0.15, 0.2) is 0 Å². The molecule has 0 N–H and O–H groups in total. The van der Waals surface area contributed by atoms with Crippen molar-refractivity contribution in [2.45, 2.75) is 0 Å². The summed E-state index contributed by atoms with van der Waals surface area (Å²) in [5, 5.41) is 0. The molecule has 0 amide bonds. The minimum atomic E-state index is -3.11. The van der Waals surface area contributed by atoms with E-state index in [1.54, 1.807) is 0 Å². The molecule has 0 aliphatic rings. The van der Waals surface area contributed by atoms with Crippen molar-refractivity contribution in [2.24, 2.45) is 0 Å². The fourth-order valence-electron chi connectivity index (χ4n) is 0.701. The Hall–Kier alpha value is 0.890. The standard InChI is InChI=1S/C7H13O5PS4/c1-13(10,11-2-4-16-6(8)14)12-3-5-17-7(9)15/h2-5H2,1H3,(H,8,14)(H,9,15). The Bertz CT molecular complexity index is 285. The quantitative estimate of drug-likeness (QED) is 0.400. The van der Waals surface area contributed by atoms with Crippen LogP contribution in [-0.4, -0.2) is 40.3 Å². The van der Waals surface area contributed by atoms with Gasteiger partial charge in [-0.05, 0) is 0 Å². The van der Waals surface area contributed by atoms with Crippen LogP contribution in [0.25, 0.3) is 0 Å². The molecule has 10 heteroatoms. The van der Waals surface area contributed by atoms with Gasteiger partial charge in [0.05, 0.1) is 13.2 Å². The Morgan fingerprint density at radius 2 is 1.41 bits per heavy atom. The van der Waals surface area contributed by atoms with E-state index in [2.05, 4.69) is 25.3 Å². The highest BCUT2D eigenvalue weighted by atomic mass is 32.2. The van der Waals surface area contributed by atoms with Crippen molar-refractivity contribution in [3.8, 4) is 0 Å². The third kappa shape index (κ3) is 13.1. The minimum Gasteiger partial charge on any atom is -0.308 e. The molecule has 5 nitrogen and oxygen atoms in total. The summed E-state index contributed by atoms with van der Waals surface area (Å²) in [5.74, 6) is 0.737. The monoisotopic (exact) mass is 336 g/mol. The zero-order valence-corrected chi connectivity index (χ0v) is 13.3. The summed E-state index contributed by atoms with van der Waals surface area (Å²) in [5.41, 5.74) is 0. The predicted octanol–water partition coefficient (Wildman–Crippen LogP) is 3.41. The van der Waals surface area contributed by atoms with Gasteiger partial charge in [-0.25, -0.2) is 0 Å². The van der Waals surface area contributed by atoms with Gasteiger partial charge in [-0.3, -0.25) is 14.2 Å². The van der Waals surface area contributed by atoms with E-state index in [4.69, 9.17) is 9.05 Å². The van der Waals surface area contributed by atoms with E-state index in [0.29, 0.717) is 11.5 Å². The van der Waals surface area contributed by atoms with Crippen LogP contribution >= 0.6 is 56.4 Å². The Morgan fingerprint density at radius 1 is 1.06 bits per heavy atom. The van der Waals surface area contributed by atoms with Gasteiger partial charge in [-0.15, -0.1) is 0 Å². The van der Waals surface area contributed by atoms with E-state index in [1.165, 1.54) is 6.66 Å². The average molecular weight is 336 g/mol. The summed E-state index contributed by atoms with van der Waals surface area (Å²) in [6.45, 7) is 1.63. The molecular weight excluding hydrogens is 323 g/mol. The van der Waals surface area contributed by atoms with Crippen LogP contribution in [0.3, 0.4) is 0 Å². The molecule has 17 heavy (non-hydrogen) atoms. The number of hydrogen-bond acceptors (Lipinski definition) is 7. The Labute approximate surface area is 119 Å². The fraction of sp³-hybridized carbons (Fsp3) is 0.714. The van der Waals surface area contributed by atoms with E-state index in [-0.39, 0.29) is 22.1 Å². The SMILES string of the molecule is CP(=O)(OCCSC(=O)S)OCCSC(=O)S. The minimum absolute atomic E-state index is 0.142. The van der Waals surface area contributed by atoms with Crippen molar-refractivity contribution in [1.82, 2.24) is 0 Å². The highest BCUT2D eigenvalue weighted by Crippen LogP contribution is 2.43. The largest absolute Gasteiger partial charge is 0.327 e. The van der Waals surface area contributed by atoms with E-state index in [9.17, 15) is 14.2 Å². The summed E-state index contributed by atoms with van der Waals surface area (Å²) >= 11 is 9.05. The molecule has 0 aromatic rings. The number of thioether (sulfide) groups is 2. The normalized spacial score (nSPS) is 11.5. The van der Waals surface area contributed by atoms with Gasteiger partial charge in [-0.2, -0.15) is 0 Å². The highest BCUT2D eigenvalue weighted by molar-refractivity contribution is 8.32. The Balaban J connectivity index is 3.62. The summed E-state index contributed by atoms with van der Waals surface area (Å²) in [7, 11) is -3.11. The van der Waals surface area contributed by atoms with Crippen molar-refractivity contribution >= 4 is 65.3 Å². The summed E-state index contributed by atoms with van der Waals surface area (Å²) in [6, 6.07) is 0. The first-order valence-corrected chi connectivity index (χ1v) is 9.27. The molecular formula is C7H13O5PS4. The Kier molecular flexibility index (Phi) is 10.3. The van der Waals surface area contributed by atoms with Gasteiger partial charge >= 0.3 is 7.60 Å². The van der Waals surface area contributed by atoms with Crippen LogP contribution < -0.4 is 0 Å². The first-order valence-electron chi connectivity index (χ1n) is 4.41. The number of rotatable bonds is 8. The van der Waals surface area contributed by atoms with Crippen molar-refractivity contribution in [3.05, 3.63) is 0 Å². The number of thiol groups is 2. The molecule has 0 heterocycles. The van der Waals surface area contributed by atoms with Crippen molar-refractivity contribution < 1.29 is 23.2 Å². The van der Waals surface area contributed by atoms with Gasteiger partial charge in [0.25, 0.3) is 0 Å². The second-order valence-electron chi connectivity index (χ2n) is 2.67. The van der Waals surface area contributed by atoms with Crippen LogP contribution in [0.15, 0.2) is 0 Å². The summed E-state index contributed by atoms with van der Waals surface area (Å²) in [6.07, 6.45) is 0. The summed E-state index contributed by atoms with van der Waals surface area (Å²) in [4.78, 5) is 20.9. The van der Waals surface area contributed by atoms with E-state index < -0.39 is 7.60 Å². The van der Waals surface area contributed by atoms with Crippen LogP contribution in [0.1, 0.15) is 0 Å². The first kappa shape index (κ1) is 17.9. The lowest BCUT2D eigenvalue weighted by Crippen LogP contribution is -2.02. The number of hydrogen-bond donors (Lipinski definition) is 2. The third-order valence-electron chi connectivity index (χ3n) is 1.27. The van der Waals surface area contributed by atoms with Crippen molar-refractivity contribution in [3.63, 3.8) is 0 Å². The maximum absolute atomic E-state index is 11.6. The first-order chi connectivity index (χ1) is 7.83. The molecule has 0 spiro atoms. The molecule has 0 atom stereocenters. The molecule has 0 aromatic heterocycles. The van der Waals surface area contributed by atoms with E-state index in [0.717, 1.165) is 23.5 Å². The second kappa shape index (κ2) is 9.77. The van der Waals surface area contributed by atoms with Gasteiger partial charge < -0.3 is 9.05 Å². The number of carbonyl (C=O) groups is 2. The van der Waals surface area contributed by atoms with Crippen LogP contribution in [0.5, 0.6) is 0 Å². The Morgan fingerprint density at radius 3 is 1.71 bits per heavy atom. The second-order valence-corrected chi connectivity index (χ2v) is 8.28. The van der Waals surface area contributed by atoms with E-state index in [1.807, 2.05) is 0 Å². The van der Waals surface area contributed by atoms with Crippen LogP contribution in [0, 0.1) is 0 Å². The maximum Gasteiger partial charge on any atom is 0.327 e. The van der Waals surface area contributed by atoms with Gasteiger partial charge in [-0.1, -0.05) is 48.8 Å². The molecule has 0 saturated carbocycles. The molecule has 0 aromatic carbocycles. The predicted molar refractivity (Wildman–Crippen MR) is 79.1 cm³/mol. The summed E-state index contributed by atoms with van der Waals surface area (Å²) < 4.78 is 21.0. The van der Waals surface area contributed by atoms with Gasteiger partial charge in [0, 0.05) is 18.2 Å². The molecule has 100 valence electrons. The van der Waals surface area contributed by atoms with Crippen molar-refractivity contribution in [1.29, 1.82) is 0 Å². The van der Waals surface area contributed by atoms with Gasteiger partial charge in [0.2, 0.25) is 8.89 Å². The van der Waals surface area contributed by atoms with Gasteiger partial charge in [0.1, 0.15) is 0 Å². The zero-order chi connectivity index (χ0) is 13.3. The van der Waals surface area contributed by atoms with Crippen LogP contribution in [-0.2, 0) is 13.6 Å². The number of carbonyl (C=O) groups excluding carboxylic acids is 2. The zero-order valence-electron chi connectivity index (χ0n) is 9.03.